The van der Waals surface area contributed by atoms with E-state index < -0.39 is 6.04 Å². The lowest BCUT2D eigenvalue weighted by Crippen LogP contribution is -2.25. The summed E-state index contributed by atoms with van der Waals surface area (Å²) >= 11 is 3.44. The zero-order chi connectivity index (χ0) is 19.7. The Bertz CT molecular complexity index is 988. The molecule has 0 radical (unpaired) electrons. The van der Waals surface area contributed by atoms with Crippen molar-refractivity contribution in [2.24, 2.45) is 0 Å². The lowest BCUT2D eigenvalue weighted by molar-refractivity contribution is -0.119. The average Bonchev–Trinajstić information content (AvgIpc) is 3.10. The first-order chi connectivity index (χ1) is 12.8. The van der Waals surface area contributed by atoms with Crippen LogP contribution >= 0.6 is 15.9 Å². The van der Waals surface area contributed by atoms with Crippen LogP contribution in [0.15, 0.2) is 34.9 Å². The zero-order valence-corrected chi connectivity index (χ0v) is 17.8. The van der Waals surface area contributed by atoms with Gasteiger partial charge in [0.2, 0.25) is 5.91 Å². The summed E-state index contributed by atoms with van der Waals surface area (Å²) in [6.07, 6.45) is 1.70. The lowest BCUT2D eigenvalue weighted by atomic mass is 10.1. The maximum absolute atomic E-state index is 12.8. The van der Waals surface area contributed by atoms with Gasteiger partial charge in [-0.05, 0) is 61.7 Å². The summed E-state index contributed by atoms with van der Waals surface area (Å²) in [5, 5.41) is 11.9. The molecular formula is C20H24BrN5O. The summed E-state index contributed by atoms with van der Waals surface area (Å²) < 4.78 is 4.54. The highest BCUT2D eigenvalue weighted by Crippen LogP contribution is 2.24. The first kappa shape index (κ1) is 19.4. The van der Waals surface area contributed by atoms with Crippen LogP contribution in [-0.2, 0) is 11.3 Å². The summed E-state index contributed by atoms with van der Waals surface area (Å²) in [5.41, 5.74) is 5.87. The van der Waals surface area contributed by atoms with Gasteiger partial charge in [-0.1, -0.05) is 24.3 Å². The Hall–Kier alpha value is -2.41. The Morgan fingerprint density at radius 2 is 1.89 bits per heavy atom. The van der Waals surface area contributed by atoms with E-state index in [2.05, 4.69) is 50.5 Å². The van der Waals surface area contributed by atoms with E-state index in [0.29, 0.717) is 6.54 Å². The first-order valence-electron chi connectivity index (χ1n) is 8.88. The van der Waals surface area contributed by atoms with Crippen LogP contribution < -0.4 is 5.32 Å². The number of aromatic nitrogens is 4. The zero-order valence-electron chi connectivity index (χ0n) is 16.2. The number of hydrogen-bond acceptors (Lipinski definition) is 3. The van der Waals surface area contributed by atoms with Gasteiger partial charge in [-0.25, -0.2) is 0 Å². The van der Waals surface area contributed by atoms with Crippen LogP contribution in [0, 0.1) is 27.7 Å². The highest BCUT2D eigenvalue weighted by Gasteiger charge is 2.22. The summed E-state index contributed by atoms with van der Waals surface area (Å²) in [5.74, 6) is -0.115. The van der Waals surface area contributed by atoms with Gasteiger partial charge in [0.25, 0.3) is 0 Å². The highest BCUT2D eigenvalue weighted by atomic mass is 79.9. The molecule has 0 spiro atoms. The van der Waals surface area contributed by atoms with Crippen LogP contribution in [0.25, 0.3) is 0 Å². The summed E-state index contributed by atoms with van der Waals surface area (Å²) in [7, 11) is 0. The Morgan fingerprint density at radius 1 is 1.19 bits per heavy atom. The number of carbonyl (C=O) groups is 1. The van der Waals surface area contributed by atoms with Crippen LogP contribution in [0.3, 0.4) is 0 Å². The standard InChI is InChI=1S/C20H24BrN5O/c1-12-8-6-7-9-17(12)11-25-15(4)19(13(2)24-25)23-20(27)16(5)26-14(3)18(21)10-22-26/h6-10,16H,11H2,1-5H3,(H,23,27). The molecule has 1 N–H and O–H groups in total. The monoisotopic (exact) mass is 429 g/mol. The molecule has 0 aliphatic heterocycles. The number of nitrogens with one attached hydrogen (secondary N) is 1. The quantitative estimate of drug-likeness (QED) is 0.656. The van der Waals surface area contributed by atoms with Crippen molar-refractivity contribution in [1.29, 1.82) is 0 Å². The van der Waals surface area contributed by atoms with Crippen molar-refractivity contribution in [3.63, 3.8) is 0 Å². The van der Waals surface area contributed by atoms with E-state index in [-0.39, 0.29) is 5.91 Å². The SMILES string of the molecule is Cc1ccccc1Cn1nc(C)c(NC(=O)C(C)n2ncc(Br)c2C)c1C. The fourth-order valence-electron chi connectivity index (χ4n) is 3.11. The molecule has 27 heavy (non-hydrogen) atoms. The van der Waals surface area contributed by atoms with Crippen LogP contribution in [-0.4, -0.2) is 25.5 Å². The molecule has 2 heterocycles. The largest absolute Gasteiger partial charge is 0.321 e. The fraction of sp³-hybridized carbons (Fsp3) is 0.350. The fourth-order valence-corrected chi connectivity index (χ4v) is 3.39. The molecule has 3 aromatic rings. The molecule has 142 valence electrons. The minimum atomic E-state index is -0.421. The molecule has 1 atom stereocenters. The molecule has 0 bridgehead atoms. The average molecular weight is 430 g/mol. The van der Waals surface area contributed by atoms with Gasteiger partial charge in [0, 0.05) is 0 Å². The summed E-state index contributed by atoms with van der Waals surface area (Å²) in [6, 6.07) is 7.83. The lowest BCUT2D eigenvalue weighted by Gasteiger charge is -2.15. The number of carbonyl (C=O) groups excluding carboxylic acids is 1. The van der Waals surface area contributed by atoms with E-state index >= 15 is 0 Å². The number of halogens is 1. The Balaban J connectivity index is 1.81. The molecule has 0 aliphatic rings. The van der Waals surface area contributed by atoms with Gasteiger partial charge in [-0.15, -0.1) is 0 Å². The minimum absolute atomic E-state index is 0.115. The second kappa shape index (κ2) is 7.68. The number of nitrogens with zero attached hydrogens (tertiary/aromatic N) is 4. The smallest absolute Gasteiger partial charge is 0.249 e. The topological polar surface area (TPSA) is 64.7 Å². The highest BCUT2D eigenvalue weighted by molar-refractivity contribution is 9.10. The van der Waals surface area contributed by atoms with Gasteiger partial charge in [0.15, 0.2) is 0 Å². The van der Waals surface area contributed by atoms with Crippen molar-refractivity contribution in [1.82, 2.24) is 19.6 Å². The van der Waals surface area contributed by atoms with Crippen LogP contribution in [0.4, 0.5) is 5.69 Å². The molecule has 1 unspecified atom stereocenters. The van der Waals surface area contributed by atoms with Crippen molar-refractivity contribution in [2.75, 3.05) is 5.32 Å². The van der Waals surface area contributed by atoms with Crippen LogP contribution in [0.5, 0.6) is 0 Å². The normalized spacial score (nSPS) is 12.2. The van der Waals surface area contributed by atoms with Crippen LogP contribution in [0.2, 0.25) is 0 Å². The van der Waals surface area contributed by atoms with Gasteiger partial charge >= 0.3 is 0 Å². The number of aryl methyl sites for hydroxylation is 2. The minimum Gasteiger partial charge on any atom is -0.321 e. The number of hydrogen-bond donors (Lipinski definition) is 1. The Morgan fingerprint density at radius 3 is 2.52 bits per heavy atom. The Kier molecular flexibility index (Phi) is 5.51. The second-order valence-corrected chi connectivity index (χ2v) is 7.67. The van der Waals surface area contributed by atoms with E-state index in [1.54, 1.807) is 10.9 Å². The van der Waals surface area contributed by atoms with Crippen molar-refractivity contribution in [2.45, 2.75) is 47.2 Å². The number of benzene rings is 1. The van der Waals surface area contributed by atoms with Crippen molar-refractivity contribution >= 4 is 27.5 Å². The maximum atomic E-state index is 12.8. The third kappa shape index (κ3) is 3.83. The summed E-state index contributed by atoms with van der Waals surface area (Å²) in [6.45, 7) is 10.4. The predicted molar refractivity (Wildman–Crippen MR) is 110 cm³/mol. The molecule has 0 fully saturated rings. The van der Waals surface area contributed by atoms with E-state index in [1.165, 1.54) is 11.1 Å². The van der Waals surface area contributed by atoms with Crippen molar-refractivity contribution in [3.05, 3.63) is 63.1 Å². The van der Waals surface area contributed by atoms with Gasteiger partial charge in [0.05, 0.1) is 40.0 Å². The maximum Gasteiger partial charge on any atom is 0.249 e. The van der Waals surface area contributed by atoms with Gasteiger partial charge in [-0.2, -0.15) is 10.2 Å². The van der Waals surface area contributed by atoms with Gasteiger partial charge in [-0.3, -0.25) is 14.2 Å². The number of anilines is 1. The molecule has 0 aliphatic carbocycles. The first-order valence-corrected chi connectivity index (χ1v) is 9.68. The molecule has 0 saturated heterocycles. The predicted octanol–water partition coefficient (Wildman–Crippen LogP) is 4.32. The molecule has 1 amide bonds. The molecule has 7 heteroatoms. The molecule has 2 aromatic heterocycles. The second-order valence-electron chi connectivity index (χ2n) is 6.82. The third-order valence-electron chi connectivity index (χ3n) is 4.94. The molecule has 0 saturated carbocycles. The van der Waals surface area contributed by atoms with E-state index in [9.17, 15) is 4.79 Å². The summed E-state index contributed by atoms with van der Waals surface area (Å²) in [4.78, 5) is 12.8. The van der Waals surface area contributed by atoms with Crippen molar-refractivity contribution < 1.29 is 4.79 Å². The number of amides is 1. The van der Waals surface area contributed by atoms with Crippen molar-refractivity contribution in [3.8, 4) is 0 Å². The molecule has 6 nitrogen and oxygen atoms in total. The molecular weight excluding hydrogens is 406 g/mol. The van der Waals surface area contributed by atoms with Gasteiger partial charge in [0.1, 0.15) is 6.04 Å². The van der Waals surface area contributed by atoms with E-state index in [4.69, 9.17) is 0 Å². The van der Waals surface area contributed by atoms with E-state index in [1.807, 2.05) is 44.5 Å². The molecule has 3 rings (SSSR count). The molecule has 1 aromatic carbocycles. The van der Waals surface area contributed by atoms with Crippen LogP contribution in [0.1, 0.15) is 41.2 Å². The number of rotatable bonds is 5. The van der Waals surface area contributed by atoms with E-state index in [0.717, 1.165) is 27.2 Å². The van der Waals surface area contributed by atoms with Gasteiger partial charge < -0.3 is 5.32 Å². The Labute approximate surface area is 167 Å². The third-order valence-corrected chi connectivity index (χ3v) is 5.72.